The standard InChI is InChI=1S/C9H19NO4/c1-4-13-9(11)8(2)7-10-14-6-5-12-3/h8,10H,4-7H2,1-3H3. The molecule has 0 saturated carbocycles. The van der Waals surface area contributed by atoms with E-state index in [9.17, 15) is 4.79 Å². The van der Waals surface area contributed by atoms with Gasteiger partial charge < -0.3 is 9.47 Å². The number of methoxy groups -OCH3 is 1. The van der Waals surface area contributed by atoms with Gasteiger partial charge in [0.05, 0.1) is 25.7 Å². The molecule has 0 aliphatic heterocycles. The van der Waals surface area contributed by atoms with Crippen LogP contribution in [0.3, 0.4) is 0 Å². The van der Waals surface area contributed by atoms with Gasteiger partial charge in [-0.3, -0.25) is 9.63 Å². The van der Waals surface area contributed by atoms with Crippen LogP contribution in [0, 0.1) is 5.92 Å². The first kappa shape index (κ1) is 13.4. The van der Waals surface area contributed by atoms with E-state index < -0.39 is 0 Å². The van der Waals surface area contributed by atoms with Crippen LogP contribution in [0.4, 0.5) is 0 Å². The molecule has 0 amide bonds. The van der Waals surface area contributed by atoms with Crippen LogP contribution in [-0.2, 0) is 19.1 Å². The van der Waals surface area contributed by atoms with E-state index in [-0.39, 0.29) is 11.9 Å². The third kappa shape index (κ3) is 6.82. The van der Waals surface area contributed by atoms with Crippen molar-refractivity contribution in [2.45, 2.75) is 13.8 Å². The zero-order chi connectivity index (χ0) is 10.8. The highest BCUT2D eigenvalue weighted by molar-refractivity contribution is 5.72. The first-order valence-electron chi connectivity index (χ1n) is 4.72. The van der Waals surface area contributed by atoms with E-state index >= 15 is 0 Å². The molecule has 0 spiro atoms. The SMILES string of the molecule is CCOC(=O)C(C)CNOCCOC. The Bertz CT molecular complexity index is 152. The van der Waals surface area contributed by atoms with Crippen LogP contribution in [-0.4, -0.2) is 39.4 Å². The molecule has 0 heterocycles. The summed E-state index contributed by atoms with van der Waals surface area (Å²) < 4.78 is 9.60. The minimum Gasteiger partial charge on any atom is -0.466 e. The second-order valence-corrected chi connectivity index (χ2v) is 2.84. The van der Waals surface area contributed by atoms with Crippen LogP contribution in [0.1, 0.15) is 13.8 Å². The fourth-order valence-electron chi connectivity index (χ4n) is 0.749. The number of carbonyl (C=O) groups excluding carboxylic acids is 1. The molecule has 1 unspecified atom stereocenters. The highest BCUT2D eigenvalue weighted by atomic mass is 16.7. The Morgan fingerprint density at radius 1 is 1.43 bits per heavy atom. The van der Waals surface area contributed by atoms with Gasteiger partial charge in [0.15, 0.2) is 0 Å². The third-order valence-electron chi connectivity index (χ3n) is 1.57. The summed E-state index contributed by atoms with van der Waals surface area (Å²) in [5.41, 5.74) is 2.68. The van der Waals surface area contributed by atoms with Crippen molar-refractivity contribution in [3.8, 4) is 0 Å². The topological polar surface area (TPSA) is 56.8 Å². The van der Waals surface area contributed by atoms with Crippen LogP contribution in [0.25, 0.3) is 0 Å². The molecular weight excluding hydrogens is 186 g/mol. The Morgan fingerprint density at radius 2 is 2.14 bits per heavy atom. The van der Waals surface area contributed by atoms with Crippen LogP contribution < -0.4 is 5.48 Å². The number of carbonyl (C=O) groups is 1. The summed E-state index contributed by atoms with van der Waals surface area (Å²) >= 11 is 0. The fourth-order valence-corrected chi connectivity index (χ4v) is 0.749. The highest BCUT2D eigenvalue weighted by Crippen LogP contribution is 1.96. The van der Waals surface area contributed by atoms with Gasteiger partial charge in [-0.25, -0.2) is 5.48 Å². The Morgan fingerprint density at radius 3 is 2.71 bits per heavy atom. The predicted molar refractivity (Wildman–Crippen MR) is 51.6 cm³/mol. The largest absolute Gasteiger partial charge is 0.466 e. The minimum absolute atomic E-state index is 0.197. The summed E-state index contributed by atoms with van der Waals surface area (Å²) in [5, 5.41) is 0. The summed E-state index contributed by atoms with van der Waals surface area (Å²) in [7, 11) is 1.60. The van der Waals surface area contributed by atoms with Crippen molar-refractivity contribution in [1.82, 2.24) is 5.48 Å². The van der Waals surface area contributed by atoms with E-state index in [0.717, 1.165) is 0 Å². The lowest BCUT2D eigenvalue weighted by Gasteiger charge is -2.11. The molecule has 0 aliphatic rings. The molecule has 0 bridgehead atoms. The number of hydrogen-bond acceptors (Lipinski definition) is 5. The van der Waals surface area contributed by atoms with Gasteiger partial charge in [-0.05, 0) is 6.92 Å². The van der Waals surface area contributed by atoms with E-state index in [1.54, 1.807) is 21.0 Å². The van der Waals surface area contributed by atoms with Gasteiger partial charge in [0.2, 0.25) is 0 Å². The normalized spacial score (nSPS) is 12.5. The van der Waals surface area contributed by atoms with Gasteiger partial charge in [-0.15, -0.1) is 0 Å². The Labute approximate surface area is 84.7 Å². The zero-order valence-electron chi connectivity index (χ0n) is 9.04. The van der Waals surface area contributed by atoms with Crippen molar-refractivity contribution in [2.24, 2.45) is 5.92 Å². The van der Waals surface area contributed by atoms with Crippen LogP contribution in [0.15, 0.2) is 0 Å². The lowest BCUT2D eigenvalue weighted by atomic mass is 10.2. The van der Waals surface area contributed by atoms with Crippen LogP contribution in [0.2, 0.25) is 0 Å². The summed E-state index contributed by atoms with van der Waals surface area (Å²) in [5.74, 6) is -0.409. The second-order valence-electron chi connectivity index (χ2n) is 2.84. The van der Waals surface area contributed by atoms with Gasteiger partial charge in [-0.2, -0.15) is 0 Å². The molecule has 0 aliphatic carbocycles. The van der Waals surface area contributed by atoms with E-state index in [0.29, 0.717) is 26.4 Å². The molecule has 0 saturated heterocycles. The Balaban J connectivity index is 3.34. The Hall–Kier alpha value is -0.650. The lowest BCUT2D eigenvalue weighted by molar-refractivity contribution is -0.148. The smallest absolute Gasteiger partial charge is 0.310 e. The number of hydroxylamine groups is 1. The molecule has 1 N–H and O–H groups in total. The van der Waals surface area contributed by atoms with Crippen molar-refractivity contribution in [1.29, 1.82) is 0 Å². The molecule has 0 aromatic heterocycles. The maximum atomic E-state index is 11.1. The highest BCUT2D eigenvalue weighted by Gasteiger charge is 2.12. The molecule has 5 heteroatoms. The van der Waals surface area contributed by atoms with Gasteiger partial charge in [0.1, 0.15) is 0 Å². The zero-order valence-corrected chi connectivity index (χ0v) is 9.04. The molecule has 0 radical (unpaired) electrons. The summed E-state index contributed by atoms with van der Waals surface area (Å²) in [4.78, 5) is 16.1. The first-order chi connectivity index (χ1) is 6.72. The molecule has 14 heavy (non-hydrogen) atoms. The van der Waals surface area contributed by atoms with Gasteiger partial charge >= 0.3 is 5.97 Å². The summed E-state index contributed by atoms with van der Waals surface area (Å²) in [6, 6.07) is 0. The van der Waals surface area contributed by atoms with E-state index in [4.69, 9.17) is 14.3 Å². The van der Waals surface area contributed by atoms with Gasteiger partial charge in [0.25, 0.3) is 0 Å². The second kappa shape index (κ2) is 8.93. The van der Waals surface area contributed by atoms with Crippen LogP contribution >= 0.6 is 0 Å². The van der Waals surface area contributed by atoms with E-state index in [1.807, 2.05) is 0 Å². The van der Waals surface area contributed by atoms with Gasteiger partial charge in [-0.1, -0.05) is 6.92 Å². The van der Waals surface area contributed by atoms with Crippen molar-refractivity contribution in [3.05, 3.63) is 0 Å². The molecule has 0 aromatic rings. The van der Waals surface area contributed by atoms with Crippen molar-refractivity contribution in [2.75, 3.05) is 33.5 Å². The molecule has 0 fully saturated rings. The molecule has 5 nitrogen and oxygen atoms in total. The van der Waals surface area contributed by atoms with Crippen molar-refractivity contribution in [3.63, 3.8) is 0 Å². The summed E-state index contributed by atoms with van der Waals surface area (Å²) in [6.45, 7) is 5.42. The van der Waals surface area contributed by atoms with E-state index in [2.05, 4.69) is 5.48 Å². The number of esters is 1. The monoisotopic (exact) mass is 205 g/mol. The fraction of sp³-hybridized carbons (Fsp3) is 0.889. The quantitative estimate of drug-likeness (QED) is 0.352. The molecule has 0 aromatic carbocycles. The number of nitrogens with one attached hydrogen (secondary N) is 1. The first-order valence-corrected chi connectivity index (χ1v) is 4.72. The Kier molecular flexibility index (Phi) is 8.51. The van der Waals surface area contributed by atoms with Crippen LogP contribution in [0.5, 0.6) is 0 Å². The molecule has 0 rings (SSSR count). The number of rotatable bonds is 8. The van der Waals surface area contributed by atoms with Crippen molar-refractivity contribution >= 4 is 5.97 Å². The van der Waals surface area contributed by atoms with E-state index in [1.165, 1.54) is 0 Å². The van der Waals surface area contributed by atoms with Crippen molar-refractivity contribution < 1.29 is 19.1 Å². The molecular formula is C9H19NO4. The number of ether oxygens (including phenoxy) is 2. The molecule has 84 valence electrons. The van der Waals surface area contributed by atoms with Gasteiger partial charge in [0, 0.05) is 13.7 Å². The predicted octanol–water partition coefficient (Wildman–Crippen LogP) is 0.353. The number of hydrogen-bond donors (Lipinski definition) is 1. The minimum atomic E-state index is -0.213. The lowest BCUT2D eigenvalue weighted by Crippen LogP contribution is -2.29. The maximum absolute atomic E-state index is 11.1. The maximum Gasteiger partial charge on any atom is 0.310 e. The third-order valence-corrected chi connectivity index (χ3v) is 1.57. The average Bonchev–Trinajstić information content (AvgIpc) is 2.17. The molecule has 1 atom stereocenters. The average molecular weight is 205 g/mol. The summed E-state index contributed by atoms with van der Waals surface area (Å²) in [6.07, 6.45) is 0.